The first-order chi connectivity index (χ1) is 7.65. The molecule has 6 nitrogen and oxygen atoms in total. The highest BCUT2D eigenvalue weighted by atomic mass is 16.6. The van der Waals surface area contributed by atoms with Crippen LogP contribution in [0.4, 0.5) is 5.82 Å². The molecule has 84 valence electrons. The van der Waals surface area contributed by atoms with Crippen LogP contribution in [0.3, 0.4) is 0 Å². The minimum Gasteiger partial charge on any atom is -0.358 e. The molecule has 0 radical (unpaired) electrons. The zero-order valence-electron chi connectivity index (χ0n) is 8.88. The van der Waals surface area contributed by atoms with Crippen molar-refractivity contribution in [2.75, 3.05) is 6.54 Å². The summed E-state index contributed by atoms with van der Waals surface area (Å²) in [7, 11) is 0. The topological polar surface area (TPSA) is 86.5 Å². The summed E-state index contributed by atoms with van der Waals surface area (Å²) in [5.74, 6) is 0.516. The Morgan fingerprint density at radius 3 is 2.94 bits per heavy atom. The zero-order valence-corrected chi connectivity index (χ0v) is 8.88. The number of nitrogens with zero attached hydrogens (tertiary/aromatic N) is 3. The fourth-order valence-electron chi connectivity index (χ4n) is 1.85. The SMILES string of the molecule is Cc1nc([N+](=O)[O-])c2cccc(CCN)n12. The Labute approximate surface area is 91.9 Å². The molecule has 2 aromatic rings. The third kappa shape index (κ3) is 1.53. The fourth-order valence-corrected chi connectivity index (χ4v) is 1.85. The summed E-state index contributed by atoms with van der Waals surface area (Å²) in [4.78, 5) is 14.3. The summed E-state index contributed by atoms with van der Waals surface area (Å²) in [5.41, 5.74) is 6.97. The Hall–Kier alpha value is -1.95. The van der Waals surface area contributed by atoms with E-state index in [0.29, 0.717) is 24.3 Å². The van der Waals surface area contributed by atoms with Crippen LogP contribution in [-0.4, -0.2) is 20.9 Å². The number of hydrogen-bond acceptors (Lipinski definition) is 4. The van der Waals surface area contributed by atoms with Gasteiger partial charge in [-0.1, -0.05) is 6.07 Å². The maximum atomic E-state index is 10.8. The van der Waals surface area contributed by atoms with E-state index in [1.54, 1.807) is 23.5 Å². The summed E-state index contributed by atoms with van der Waals surface area (Å²) in [6.45, 7) is 2.25. The maximum absolute atomic E-state index is 10.8. The lowest BCUT2D eigenvalue weighted by molar-refractivity contribution is -0.387. The highest BCUT2D eigenvalue weighted by molar-refractivity contribution is 5.63. The van der Waals surface area contributed by atoms with Crippen molar-refractivity contribution in [2.45, 2.75) is 13.3 Å². The summed E-state index contributed by atoms with van der Waals surface area (Å²) in [6.07, 6.45) is 0.672. The standard InChI is InChI=1S/C10H12N4O2/c1-7-12-10(14(15)16)9-4-2-3-8(5-6-11)13(7)9/h2-4H,5-6,11H2,1H3. The van der Waals surface area contributed by atoms with Gasteiger partial charge >= 0.3 is 5.82 Å². The van der Waals surface area contributed by atoms with Crippen LogP contribution in [0.25, 0.3) is 5.52 Å². The Balaban J connectivity index is 2.74. The number of aromatic nitrogens is 2. The molecule has 16 heavy (non-hydrogen) atoms. The molecule has 2 N–H and O–H groups in total. The second-order valence-electron chi connectivity index (χ2n) is 3.52. The van der Waals surface area contributed by atoms with Gasteiger partial charge in [-0.2, -0.15) is 0 Å². The van der Waals surface area contributed by atoms with Gasteiger partial charge in [-0.3, -0.25) is 4.40 Å². The van der Waals surface area contributed by atoms with Crippen molar-refractivity contribution in [1.82, 2.24) is 9.38 Å². The van der Waals surface area contributed by atoms with E-state index in [0.717, 1.165) is 5.69 Å². The summed E-state index contributed by atoms with van der Waals surface area (Å²) in [5, 5.41) is 10.8. The van der Waals surface area contributed by atoms with Crippen LogP contribution in [0.5, 0.6) is 0 Å². The van der Waals surface area contributed by atoms with E-state index < -0.39 is 4.92 Å². The van der Waals surface area contributed by atoms with Gasteiger partial charge in [0.1, 0.15) is 5.52 Å². The lowest BCUT2D eigenvalue weighted by atomic mass is 10.2. The van der Waals surface area contributed by atoms with E-state index >= 15 is 0 Å². The Morgan fingerprint density at radius 2 is 2.31 bits per heavy atom. The predicted octanol–water partition coefficient (Wildman–Crippen LogP) is 1.05. The monoisotopic (exact) mass is 220 g/mol. The normalized spacial score (nSPS) is 10.9. The number of nitro groups is 1. The van der Waals surface area contributed by atoms with E-state index in [1.807, 2.05) is 6.07 Å². The van der Waals surface area contributed by atoms with E-state index in [9.17, 15) is 10.1 Å². The molecule has 0 saturated carbocycles. The molecule has 0 aliphatic rings. The van der Waals surface area contributed by atoms with E-state index in [2.05, 4.69) is 4.98 Å². The van der Waals surface area contributed by atoms with Crippen LogP contribution in [0.15, 0.2) is 18.2 Å². The fraction of sp³-hybridized carbons (Fsp3) is 0.300. The average Bonchev–Trinajstić information content (AvgIpc) is 2.58. The van der Waals surface area contributed by atoms with Crippen molar-refractivity contribution >= 4 is 11.3 Å². The molecule has 2 rings (SSSR count). The first-order valence-corrected chi connectivity index (χ1v) is 4.96. The van der Waals surface area contributed by atoms with Gasteiger partial charge in [-0.25, -0.2) is 0 Å². The third-order valence-electron chi connectivity index (χ3n) is 2.46. The first-order valence-electron chi connectivity index (χ1n) is 4.96. The second-order valence-corrected chi connectivity index (χ2v) is 3.52. The molecule has 0 fully saturated rings. The van der Waals surface area contributed by atoms with Crippen molar-refractivity contribution in [3.8, 4) is 0 Å². The zero-order chi connectivity index (χ0) is 11.7. The molecule has 2 heterocycles. The molecule has 0 amide bonds. The van der Waals surface area contributed by atoms with Gasteiger partial charge in [0.15, 0.2) is 0 Å². The molecule has 0 atom stereocenters. The van der Waals surface area contributed by atoms with Crippen LogP contribution >= 0.6 is 0 Å². The van der Waals surface area contributed by atoms with E-state index in [4.69, 9.17) is 5.73 Å². The lowest BCUT2D eigenvalue weighted by Gasteiger charge is -2.03. The lowest BCUT2D eigenvalue weighted by Crippen LogP contribution is -2.07. The van der Waals surface area contributed by atoms with Crippen molar-refractivity contribution in [1.29, 1.82) is 0 Å². The quantitative estimate of drug-likeness (QED) is 0.618. The molecule has 0 unspecified atom stereocenters. The van der Waals surface area contributed by atoms with Crippen LogP contribution in [-0.2, 0) is 6.42 Å². The largest absolute Gasteiger partial charge is 0.389 e. The minimum atomic E-state index is -0.464. The minimum absolute atomic E-state index is 0.101. The van der Waals surface area contributed by atoms with Crippen LogP contribution in [0, 0.1) is 17.0 Å². The smallest absolute Gasteiger partial charge is 0.358 e. The van der Waals surface area contributed by atoms with Crippen LogP contribution < -0.4 is 5.73 Å². The van der Waals surface area contributed by atoms with Crippen molar-refractivity contribution in [3.05, 3.63) is 39.8 Å². The van der Waals surface area contributed by atoms with Crippen molar-refractivity contribution < 1.29 is 4.92 Å². The van der Waals surface area contributed by atoms with Gasteiger partial charge < -0.3 is 15.8 Å². The Kier molecular flexibility index (Phi) is 2.57. The van der Waals surface area contributed by atoms with Gasteiger partial charge in [0.05, 0.1) is 0 Å². The van der Waals surface area contributed by atoms with Gasteiger partial charge in [0.2, 0.25) is 5.82 Å². The second kappa shape index (κ2) is 3.90. The van der Waals surface area contributed by atoms with E-state index in [1.165, 1.54) is 0 Å². The Morgan fingerprint density at radius 1 is 1.56 bits per heavy atom. The maximum Gasteiger partial charge on any atom is 0.389 e. The molecule has 0 spiro atoms. The van der Waals surface area contributed by atoms with Crippen molar-refractivity contribution in [3.63, 3.8) is 0 Å². The Bertz CT molecular complexity index is 547. The predicted molar refractivity (Wildman–Crippen MR) is 59.3 cm³/mol. The molecule has 0 aromatic carbocycles. The number of rotatable bonds is 3. The average molecular weight is 220 g/mol. The molecular weight excluding hydrogens is 208 g/mol. The highest BCUT2D eigenvalue weighted by Gasteiger charge is 2.20. The van der Waals surface area contributed by atoms with Crippen LogP contribution in [0.1, 0.15) is 11.5 Å². The molecule has 0 saturated heterocycles. The van der Waals surface area contributed by atoms with Gasteiger partial charge in [-0.05, 0) is 28.6 Å². The van der Waals surface area contributed by atoms with Crippen molar-refractivity contribution in [2.24, 2.45) is 5.73 Å². The van der Waals surface area contributed by atoms with Crippen LogP contribution in [0.2, 0.25) is 0 Å². The highest BCUT2D eigenvalue weighted by Crippen LogP contribution is 2.21. The van der Waals surface area contributed by atoms with Gasteiger partial charge in [0.25, 0.3) is 0 Å². The number of aryl methyl sites for hydroxylation is 1. The number of pyridine rings is 1. The van der Waals surface area contributed by atoms with Gasteiger partial charge in [0, 0.05) is 19.0 Å². The van der Waals surface area contributed by atoms with Gasteiger partial charge in [-0.15, -0.1) is 0 Å². The number of fused-ring (bicyclic) bond motifs is 1. The molecule has 6 heteroatoms. The summed E-state index contributed by atoms with van der Waals surface area (Å²) >= 11 is 0. The molecular formula is C10H12N4O2. The summed E-state index contributed by atoms with van der Waals surface area (Å²) in [6, 6.07) is 5.38. The third-order valence-corrected chi connectivity index (χ3v) is 2.46. The first kappa shape index (κ1) is 10.6. The summed E-state index contributed by atoms with van der Waals surface area (Å²) < 4.78 is 1.78. The molecule has 0 bridgehead atoms. The molecule has 0 aliphatic carbocycles. The number of imidazole rings is 1. The number of hydrogen-bond donors (Lipinski definition) is 1. The van der Waals surface area contributed by atoms with E-state index in [-0.39, 0.29) is 5.82 Å². The molecule has 2 aromatic heterocycles. The molecule has 0 aliphatic heterocycles. The number of nitrogens with two attached hydrogens (primary N) is 1.